The van der Waals surface area contributed by atoms with Gasteiger partial charge in [-0.05, 0) is 37.1 Å². The van der Waals surface area contributed by atoms with Crippen LogP contribution in [-0.4, -0.2) is 9.78 Å². The molecule has 0 radical (unpaired) electrons. The minimum atomic E-state index is -0.280. The van der Waals surface area contributed by atoms with Crippen LogP contribution in [0.4, 0.5) is 4.39 Å². The van der Waals surface area contributed by atoms with Crippen LogP contribution < -0.4 is 11.3 Å². The van der Waals surface area contributed by atoms with E-state index in [2.05, 4.69) is 10.5 Å². The van der Waals surface area contributed by atoms with Crippen molar-refractivity contribution in [1.82, 2.24) is 15.2 Å². The van der Waals surface area contributed by atoms with E-state index in [1.54, 1.807) is 10.7 Å². The predicted octanol–water partition coefficient (Wildman–Crippen LogP) is 2.58. The maximum atomic E-state index is 13.4. The molecule has 0 saturated heterocycles. The monoisotopic (exact) mass is 296 g/mol. The summed E-state index contributed by atoms with van der Waals surface area (Å²) in [6.07, 6.45) is 0.539. The van der Waals surface area contributed by atoms with Crippen molar-refractivity contribution in [1.29, 1.82) is 0 Å². The smallest absolute Gasteiger partial charge is 0.123 e. The molecule has 0 amide bonds. The largest absolute Gasteiger partial charge is 0.271 e. The van der Waals surface area contributed by atoms with E-state index in [1.807, 2.05) is 20.9 Å². The summed E-state index contributed by atoms with van der Waals surface area (Å²) in [5.74, 6) is 5.35. The molecular formula is C14H18ClFN4. The van der Waals surface area contributed by atoms with E-state index >= 15 is 0 Å². The highest BCUT2D eigenvalue weighted by Gasteiger charge is 2.19. The Labute approximate surface area is 122 Å². The zero-order valence-electron chi connectivity index (χ0n) is 11.7. The normalized spacial score (nSPS) is 12.7. The molecule has 1 aromatic carbocycles. The molecule has 2 rings (SSSR count). The van der Waals surface area contributed by atoms with E-state index in [-0.39, 0.29) is 11.9 Å². The van der Waals surface area contributed by atoms with Crippen LogP contribution in [0.2, 0.25) is 5.02 Å². The quantitative estimate of drug-likeness (QED) is 0.673. The van der Waals surface area contributed by atoms with Gasteiger partial charge in [0.05, 0.1) is 22.5 Å². The molecule has 0 spiro atoms. The SMILES string of the molecule is Cc1ccc(F)cc1C(Cc1c(Cl)c(C)nn1C)NN. The molecule has 1 heterocycles. The Bertz CT molecular complexity index is 624. The first-order valence-corrected chi connectivity index (χ1v) is 6.72. The Kier molecular flexibility index (Phi) is 4.42. The van der Waals surface area contributed by atoms with Crippen LogP contribution in [0.1, 0.15) is 28.6 Å². The van der Waals surface area contributed by atoms with E-state index in [0.717, 1.165) is 22.5 Å². The minimum absolute atomic E-state index is 0.224. The van der Waals surface area contributed by atoms with Gasteiger partial charge in [-0.25, -0.2) is 4.39 Å². The molecule has 4 nitrogen and oxygen atoms in total. The van der Waals surface area contributed by atoms with Gasteiger partial charge < -0.3 is 0 Å². The highest BCUT2D eigenvalue weighted by molar-refractivity contribution is 6.31. The van der Waals surface area contributed by atoms with Gasteiger partial charge in [-0.1, -0.05) is 17.7 Å². The molecule has 1 atom stereocenters. The van der Waals surface area contributed by atoms with Crippen molar-refractivity contribution in [2.75, 3.05) is 0 Å². The van der Waals surface area contributed by atoms with Gasteiger partial charge in [-0.2, -0.15) is 5.10 Å². The number of hydrogen-bond acceptors (Lipinski definition) is 3. The number of aromatic nitrogens is 2. The number of hydrogen-bond donors (Lipinski definition) is 2. The Morgan fingerprint density at radius 3 is 2.70 bits per heavy atom. The molecule has 0 aliphatic heterocycles. The zero-order chi connectivity index (χ0) is 14.9. The Morgan fingerprint density at radius 2 is 2.15 bits per heavy atom. The van der Waals surface area contributed by atoms with E-state index in [9.17, 15) is 4.39 Å². The summed E-state index contributed by atoms with van der Waals surface area (Å²) in [6.45, 7) is 3.78. The van der Waals surface area contributed by atoms with Crippen LogP contribution in [0.15, 0.2) is 18.2 Å². The average Bonchev–Trinajstić information content (AvgIpc) is 2.65. The second kappa shape index (κ2) is 5.91. The summed E-state index contributed by atoms with van der Waals surface area (Å²) in [6, 6.07) is 4.45. The molecule has 1 aromatic heterocycles. The van der Waals surface area contributed by atoms with Gasteiger partial charge >= 0.3 is 0 Å². The van der Waals surface area contributed by atoms with Gasteiger partial charge in [0.15, 0.2) is 0 Å². The number of nitrogens with zero attached hydrogens (tertiary/aromatic N) is 2. The first-order valence-electron chi connectivity index (χ1n) is 6.34. The second-order valence-electron chi connectivity index (χ2n) is 4.89. The van der Waals surface area contributed by atoms with Crippen LogP contribution >= 0.6 is 11.6 Å². The van der Waals surface area contributed by atoms with E-state index in [4.69, 9.17) is 17.4 Å². The third-order valence-corrected chi connectivity index (χ3v) is 3.97. The fourth-order valence-electron chi connectivity index (χ4n) is 2.34. The lowest BCUT2D eigenvalue weighted by molar-refractivity contribution is 0.522. The van der Waals surface area contributed by atoms with E-state index < -0.39 is 0 Å². The highest BCUT2D eigenvalue weighted by atomic mass is 35.5. The topological polar surface area (TPSA) is 55.9 Å². The van der Waals surface area contributed by atoms with Crippen LogP contribution in [0, 0.1) is 19.7 Å². The molecule has 6 heteroatoms. The maximum Gasteiger partial charge on any atom is 0.123 e. The Hall–Kier alpha value is -1.43. The van der Waals surface area contributed by atoms with E-state index in [0.29, 0.717) is 11.4 Å². The zero-order valence-corrected chi connectivity index (χ0v) is 12.5. The third-order valence-electron chi connectivity index (χ3n) is 3.48. The predicted molar refractivity (Wildman–Crippen MR) is 77.9 cm³/mol. The molecule has 0 aliphatic rings. The van der Waals surface area contributed by atoms with Crippen LogP contribution in [0.5, 0.6) is 0 Å². The molecule has 1 unspecified atom stereocenters. The molecule has 2 aromatic rings. The molecule has 0 bridgehead atoms. The molecule has 0 aliphatic carbocycles. The minimum Gasteiger partial charge on any atom is -0.271 e. The molecule has 20 heavy (non-hydrogen) atoms. The molecule has 0 saturated carbocycles. The van der Waals surface area contributed by atoms with Gasteiger partial charge in [0.2, 0.25) is 0 Å². The van der Waals surface area contributed by atoms with Crippen molar-refractivity contribution in [3.8, 4) is 0 Å². The molecule has 3 N–H and O–H groups in total. The van der Waals surface area contributed by atoms with Gasteiger partial charge in [0.1, 0.15) is 5.82 Å². The van der Waals surface area contributed by atoms with Crippen molar-refractivity contribution in [3.63, 3.8) is 0 Å². The lowest BCUT2D eigenvalue weighted by Gasteiger charge is -2.19. The summed E-state index contributed by atoms with van der Waals surface area (Å²) in [7, 11) is 1.83. The maximum absolute atomic E-state index is 13.4. The number of benzene rings is 1. The number of rotatable bonds is 4. The van der Waals surface area contributed by atoms with Gasteiger partial charge in [-0.3, -0.25) is 16.0 Å². The summed E-state index contributed by atoms with van der Waals surface area (Å²) in [5, 5.41) is 4.90. The summed E-state index contributed by atoms with van der Waals surface area (Å²) in [4.78, 5) is 0. The lowest BCUT2D eigenvalue weighted by Crippen LogP contribution is -2.30. The Balaban J connectivity index is 2.36. The number of aryl methyl sites for hydroxylation is 3. The van der Waals surface area contributed by atoms with Crippen molar-refractivity contribution >= 4 is 11.6 Å². The number of hydrazine groups is 1. The average molecular weight is 297 g/mol. The van der Waals surface area contributed by atoms with Crippen molar-refractivity contribution in [3.05, 3.63) is 51.6 Å². The van der Waals surface area contributed by atoms with Crippen LogP contribution in [0.3, 0.4) is 0 Å². The molecular weight excluding hydrogens is 279 g/mol. The first-order chi connectivity index (χ1) is 9.43. The highest BCUT2D eigenvalue weighted by Crippen LogP contribution is 2.27. The van der Waals surface area contributed by atoms with Gasteiger partial charge in [-0.15, -0.1) is 0 Å². The Morgan fingerprint density at radius 1 is 1.45 bits per heavy atom. The fraction of sp³-hybridized carbons (Fsp3) is 0.357. The first kappa shape index (κ1) is 15.0. The molecule has 0 fully saturated rings. The summed E-state index contributed by atoms with van der Waals surface area (Å²) >= 11 is 6.25. The standard InChI is InChI=1S/C14H18ClFN4/c1-8-4-5-10(16)6-11(8)12(18-17)7-13-14(15)9(2)19-20(13)3/h4-6,12,18H,7,17H2,1-3H3. The van der Waals surface area contributed by atoms with Gasteiger partial charge in [0.25, 0.3) is 0 Å². The summed E-state index contributed by atoms with van der Waals surface area (Å²) in [5.41, 5.74) is 6.18. The number of halogens is 2. The fourth-order valence-corrected chi connectivity index (χ4v) is 2.58. The summed E-state index contributed by atoms with van der Waals surface area (Å²) < 4.78 is 15.2. The van der Waals surface area contributed by atoms with E-state index in [1.165, 1.54) is 12.1 Å². The second-order valence-corrected chi connectivity index (χ2v) is 5.27. The van der Waals surface area contributed by atoms with Crippen molar-refractivity contribution in [2.24, 2.45) is 12.9 Å². The third kappa shape index (κ3) is 2.85. The number of nitrogens with two attached hydrogens (primary N) is 1. The lowest BCUT2D eigenvalue weighted by atomic mass is 9.97. The molecule has 108 valence electrons. The number of nitrogens with one attached hydrogen (secondary N) is 1. The van der Waals surface area contributed by atoms with Gasteiger partial charge in [0, 0.05) is 13.5 Å². The van der Waals surface area contributed by atoms with Crippen molar-refractivity contribution < 1.29 is 4.39 Å². The van der Waals surface area contributed by atoms with Crippen LogP contribution in [0.25, 0.3) is 0 Å². The van der Waals surface area contributed by atoms with Crippen molar-refractivity contribution in [2.45, 2.75) is 26.3 Å². The van der Waals surface area contributed by atoms with Crippen LogP contribution in [-0.2, 0) is 13.5 Å².